The minimum atomic E-state index is -0.759. The van der Waals surface area contributed by atoms with E-state index in [-0.39, 0.29) is 35.9 Å². The van der Waals surface area contributed by atoms with E-state index in [2.05, 4.69) is 15.2 Å². The lowest BCUT2D eigenvalue weighted by atomic mass is 10.1. The van der Waals surface area contributed by atoms with Gasteiger partial charge in [-0.15, -0.1) is 10.2 Å². The monoisotopic (exact) mass is 439 g/mol. The van der Waals surface area contributed by atoms with Gasteiger partial charge in [-0.1, -0.05) is 17.7 Å². The molecule has 1 atom stereocenters. The SMILES string of the molecule is Cc1cccc(-c2nnc(C(C)OC(=O)CCc3ncc(-c4ccc(F)cc4F)o3)o2)c1. The molecule has 2 aromatic carbocycles. The highest BCUT2D eigenvalue weighted by molar-refractivity contribution is 5.69. The summed E-state index contributed by atoms with van der Waals surface area (Å²) in [6.07, 6.45) is 0.717. The Balaban J connectivity index is 1.33. The summed E-state index contributed by atoms with van der Waals surface area (Å²) in [7, 11) is 0. The van der Waals surface area contributed by atoms with Crippen LogP contribution in [0, 0.1) is 18.6 Å². The summed E-state index contributed by atoms with van der Waals surface area (Å²) in [6, 6.07) is 10.8. The summed E-state index contributed by atoms with van der Waals surface area (Å²) in [5.41, 5.74) is 1.92. The Hall–Kier alpha value is -3.88. The lowest BCUT2D eigenvalue weighted by molar-refractivity contribution is -0.149. The van der Waals surface area contributed by atoms with Crippen LogP contribution in [-0.4, -0.2) is 21.2 Å². The topological polar surface area (TPSA) is 91.2 Å². The van der Waals surface area contributed by atoms with Gasteiger partial charge in [0.05, 0.1) is 18.2 Å². The molecule has 2 aromatic heterocycles. The van der Waals surface area contributed by atoms with Crippen LogP contribution in [0.3, 0.4) is 0 Å². The molecule has 164 valence electrons. The normalized spacial score (nSPS) is 12.0. The third-order valence-corrected chi connectivity index (χ3v) is 4.65. The Morgan fingerprint density at radius 2 is 1.97 bits per heavy atom. The molecule has 0 aliphatic rings. The number of halogens is 2. The number of esters is 1. The highest BCUT2D eigenvalue weighted by atomic mass is 19.1. The van der Waals surface area contributed by atoms with Crippen molar-refractivity contribution in [3.8, 4) is 22.8 Å². The van der Waals surface area contributed by atoms with Gasteiger partial charge in [0.2, 0.25) is 5.89 Å². The van der Waals surface area contributed by atoms with Gasteiger partial charge in [0.15, 0.2) is 17.8 Å². The van der Waals surface area contributed by atoms with E-state index in [9.17, 15) is 13.6 Å². The van der Waals surface area contributed by atoms with Crippen LogP contribution in [0.15, 0.2) is 57.5 Å². The zero-order valence-corrected chi connectivity index (χ0v) is 17.3. The molecule has 0 N–H and O–H groups in total. The van der Waals surface area contributed by atoms with E-state index in [0.29, 0.717) is 5.89 Å². The van der Waals surface area contributed by atoms with Crippen LogP contribution in [0.4, 0.5) is 8.78 Å². The maximum Gasteiger partial charge on any atom is 0.307 e. The first-order valence-electron chi connectivity index (χ1n) is 9.89. The smallest absolute Gasteiger partial charge is 0.307 e. The zero-order chi connectivity index (χ0) is 22.7. The van der Waals surface area contributed by atoms with Crippen LogP contribution in [-0.2, 0) is 16.0 Å². The van der Waals surface area contributed by atoms with E-state index >= 15 is 0 Å². The number of hydrogen-bond acceptors (Lipinski definition) is 7. The van der Waals surface area contributed by atoms with E-state index < -0.39 is 23.7 Å². The van der Waals surface area contributed by atoms with E-state index in [4.69, 9.17) is 13.6 Å². The molecule has 4 aromatic rings. The summed E-state index contributed by atoms with van der Waals surface area (Å²) in [6.45, 7) is 3.59. The third-order valence-electron chi connectivity index (χ3n) is 4.65. The van der Waals surface area contributed by atoms with Crippen LogP contribution < -0.4 is 0 Å². The zero-order valence-electron chi connectivity index (χ0n) is 17.3. The first kappa shape index (κ1) is 21.4. The van der Waals surface area contributed by atoms with Crippen molar-refractivity contribution in [1.29, 1.82) is 0 Å². The minimum absolute atomic E-state index is 0.0188. The number of aryl methyl sites for hydroxylation is 2. The second kappa shape index (κ2) is 9.09. The highest BCUT2D eigenvalue weighted by Crippen LogP contribution is 2.26. The van der Waals surface area contributed by atoms with Gasteiger partial charge in [-0.2, -0.15) is 0 Å². The molecule has 7 nitrogen and oxygen atoms in total. The van der Waals surface area contributed by atoms with Crippen molar-refractivity contribution in [1.82, 2.24) is 15.2 Å². The summed E-state index contributed by atoms with van der Waals surface area (Å²) < 4.78 is 43.4. The number of oxazole rings is 1. The van der Waals surface area contributed by atoms with Crippen molar-refractivity contribution < 1.29 is 27.1 Å². The van der Waals surface area contributed by atoms with Gasteiger partial charge < -0.3 is 13.6 Å². The van der Waals surface area contributed by atoms with Gasteiger partial charge in [0.1, 0.15) is 11.6 Å². The fourth-order valence-corrected chi connectivity index (χ4v) is 3.05. The van der Waals surface area contributed by atoms with Crippen LogP contribution in [0.2, 0.25) is 0 Å². The van der Waals surface area contributed by atoms with Crippen LogP contribution in [0.25, 0.3) is 22.8 Å². The molecule has 0 radical (unpaired) electrons. The first-order chi connectivity index (χ1) is 15.4. The van der Waals surface area contributed by atoms with E-state index in [1.54, 1.807) is 6.92 Å². The molecule has 0 amide bonds. The van der Waals surface area contributed by atoms with Crippen molar-refractivity contribution in [2.24, 2.45) is 0 Å². The summed E-state index contributed by atoms with van der Waals surface area (Å²) in [5, 5.41) is 7.96. The molecule has 0 saturated carbocycles. The lowest BCUT2D eigenvalue weighted by Crippen LogP contribution is -2.10. The van der Waals surface area contributed by atoms with Gasteiger partial charge in [-0.3, -0.25) is 4.79 Å². The van der Waals surface area contributed by atoms with Crippen molar-refractivity contribution >= 4 is 5.97 Å². The molecular weight excluding hydrogens is 420 g/mol. The van der Waals surface area contributed by atoms with Gasteiger partial charge in [0.25, 0.3) is 5.89 Å². The highest BCUT2D eigenvalue weighted by Gasteiger charge is 2.20. The first-order valence-corrected chi connectivity index (χ1v) is 9.89. The molecule has 2 heterocycles. The second-order valence-electron chi connectivity index (χ2n) is 7.19. The van der Waals surface area contributed by atoms with Crippen molar-refractivity contribution in [3.63, 3.8) is 0 Å². The summed E-state index contributed by atoms with van der Waals surface area (Å²) in [4.78, 5) is 16.2. The Labute approximate surface area is 182 Å². The maximum atomic E-state index is 13.9. The summed E-state index contributed by atoms with van der Waals surface area (Å²) >= 11 is 0. The van der Waals surface area contributed by atoms with Gasteiger partial charge in [-0.25, -0.2) is 13.8 Å². The van der Waals surface area contributed by atoms with E-state index in [0.717, 1.165) is 23.3 Å². The molecule has 9 heteroatoms. The van der Waals surface area contributed by atoms with Crippen molar-refractivity contribution in [2.45, 2.75) is 32.8 Å². The number of carbonyl (C=O) groups is 1. The predicted molar refractivity (Wildman–Crippen MR) is 109 cm³/mol. The van der Waals surface area contributed by atoms with Crippen LogP contribution >= 0.6 is 0 Å². The van der Waals surface area contributed by atoms with Gasteiger partial charge in [0, 0.05) is 18.1 Å². The van der Waals surface area contributed by atoms with Crippen molar-refractivity contribution in [3.05, 3.63) is 77.6 Å². The van der Waals surface area contributed by atoms with Gasteiger partial charge in [-0.05, 0) is 38.1 Å². The Bertz CT molecular complexity index is 1250. The molecule has 0 aliphatic carbocycles. The second-order valence-corrected chi connectivity index (χ2v) is 7.19. The Morgan fingerprint density at radius 3 is 2.75 bits per heavy atom. The number of aromatic nitrogens is 3. The number of nitrogens with zero attached hydrogens (tertiary/aromatic N) is 3. The largest absolute Gasteiger partial charge is 0.453 e. The lowest BCUT2D eigenvalue weighted by Gasteiger charge is -2.08. The Kier molecular flexibility index (Phi) is 6.07. The predicted octanol–water partition coefficient (Wildman–Crippen LogP) is 5.22. The summed E-state index contributed by atoms with van der Waals surface area (Å²) in [5.74, 6) is -1.06. The van der Waals surface area contributed by atoms with Crippen LogP contribution in [0.5, 0.6) is 0 Å². The number of carbonyl (C=O) groups excluding carboxylic acids is 1. The molecule has 1 unspecified atom stereocenters. The number of benzene rings is 2. The molecule has 4 rings (SSSR count). The maximum absolute atomic E-state index is 13.9. The molecule has 0 spiro atoms. The van der Waals surface area contributed by atoms with E-state index in [1.807, 2.05) is 31.2 Å². The number of hydrogen-bond donors (Lipinski definition) is 0. The average Bonchev–Trinajstić information content (AvgIpc) is 3.42. The molecule has 0 bridgehead atoms. The van der Waals surface area contributed by atoms with Gasteiger partial charge >= 0.3 is 5.97 Å². The standard InChI is InChI=1S/C23H19F2N3O4/c1-13-4-3-5-15(10-13)23-28-27-22(32-23)14(2)30-21(29)9-8-20-26-12-19(31-20)17-7-6-16(24)11-18(17)25/h3-7,10-12,14H,8-9H2,1-2H3. The minimum Gasteiger partial charge on any atom is -0.453 e. The number of ether oxygens (including phenoxy) is 1. The molecule has 0 aliphatic heterocycles. The number of rotatable bonds is 7. The molecule has 0 saturated heterocycles. The molecule has 32 heavy (non-hydrogen) atoms. The molecule has 0 fully saturated rings. The average molecular weight is 439 g/mol. The molecular formula is C23H19F2N3O4. The quantitative estimate of drug-likeness (QED) is 0.365. The van der Waals surface area contributed by atoms with Crippen molar-refractivity contribution in [2.75, 3.05) is 0 Å². The van der Waals surface area contributed by atoms with Crippen LogP contribution in [0.1, 0.15) is 36.8 Å². The fraction of sp³-hybridized carbons (Fsp3) is 0.217. The Morgan fingerprint density at radius 1 is 1.12 bits per heavy atom. The fourth-order valence-electron chi connectivity index (χ4n) is 3.05. The van der Waals surface area contributed by atoms with E-state index in [1.165, 1.54) is 12.3 Å². The third kappa shape index (κ3) is 4.88.